The third kappa shape index (κ3) is 4.33. The molecule has 2 N–H and O–H groups in total. The first-order chi connectivity index (χ1) is 12.1. The Hall–Kier alpha value is -2.92. The molecule has 25 heavy (non-hydrogen) atoms. The summed E-state index contributed by atoms with van der Waals surface area (Å²) in [4.78, 5) is 25.4. The average molecular weight is 350 g/mol. The van der Waals surface area contributed by atoms with E-state index in [1.807, 2.05) is 42.6 Å². The van der Waals surface area contributed by atoms with E-state index in [0.717, 1.165) is 11.1 Å². The monoisotopic (exact) mass is 350 g/mol. The van der Waals surface area contributed by atoms with Crippen LogP contribution in [0.15, 0.2) is 66.0 Å². The van der Waals surface area contributed by atoms with Crippen LogP contribution in [0.4, 0.5) is 5.69 Å². The predicted molar refractivity (Wildman–Crippen MR) is 101 cm³/mol. The van der Waals surface area contributed by atoms with Gasteiger partial charge in [0, 0.05) is 6.54 Å². The van der Waals surface area contributed by atoms with Crippen LogP contribution in [0.2, 0.25) is 0 Å². The molecule has 4 nitrogen and oxygen atoms in total. The van der Waals surface area contributed by atoms with Crippen molar-refractivity contribution in [1.29, 1.82) is 0 Å². The van der Waals surface area contributed by atoms with Crippen molar-refractivity contribution in [2.75, 3.05) is 5.32 Å². The van der Waals surface area contributed by atoms with Crippen LogP contribution < -0.4 is 10.6 Å². The van der Waals surface area contributed by atoms with Gasteiger partial charge in [0.2, 0.25) is 0 Å². The summed E-state index contributed by atoms with van der Waals surface area (Å²) < 4.78 is 0. The zero-order chi connectivity index (χ0) is 17.6. The summed E-state index contributed by atoms with van der Waals surface area (Å²) in [6.07, 6.45) is 0. The number of rotatable bonds is 5. The number of anilines is 1. The number of benzene rings is 2. The Kier molecular flexibility index (Phi) is 5.26. The second-order valence-corrected chi connectivity index (χ2v) is 6.60. The first kappa shape index (κ1) is 16.9. The molecule has 3 rings (SSSR count). The van der Waals surface area contributed by atoms with Gasteiger partial charge in [-0.15, -0.1) is 11.3 Å². The van der Waals surface area contributed by atoms with Gasteiger partial charge in [0.05, 0.1) is 16.1 Å². The normalized spacial score (nSPS) is 10.3. The van der Waals surface area contributed by atoms with Crippen LogP contribution in [0.25, 0.3) is 0 Å². The van der Waals surface area contributed by atoms with E-state index >= 15 is 0 Å². The second-order valence-electron chi connectivity index (χ2n) is 5.65. The zero-order valence-electron chi connectivity index (χ0n) is 13.8. The quantitative estimate of drug-likeness (QED) is 0.723. The Balaban J connectivity index is 1.71. The van der Waals surface area contributed by atoms with Gasteiger partial charge in [-0.25, -0.2) is 0 Å². The molecule has 2 amide bonds. The largest absolute Gasteiger partial charge is 0.348 e. The molecule has 0 bridgehead atoms. The molecule has 0 radical (unpaired) electrons. The number of hydrogen-bond donors (Lipinski definition) is 2. The summed E-state index contributed by atoms with van der Waals surface area (Å²) in [5, 5.41) is 7.56. The van der Waals surface area contributed by atoms with Gasteiger partial charge in [-0.05, 0) is 36.1 Å². The van der Waals surface area contributed by atoms with Gasteiger partial charge in [0.25, 0.3) is 11.8 Å². The molecule has 1 aromatic heterocycles. The molecule has 0 aliphatic rings. The smallest absolute Gasteiger partial charge is 0.265 e. The SMILES string of the molecule is Cc1cccc(CNC(=O)c2ccccc2NC(=O)c2cccs2)c1. The van der Waals surface area contributed by atoms with E-state index in [1.165, 1.54) is 11.3 Å². The molecule has 0 aliphatic heterocycles. The van der Waals surface area contributed by atoms with Crippen LogP contribution >= 0.6 is 11.3 Å². The maximum absolute atomic E-state index is 12.5. The third-order valence-corrected chi connectivity index (χ3v) is 4.57. The number of amides is 2. The number of carbonyl (C=O) groups excluding carboxylic acids is 2. The first-order valence-corrected chi connectivity index (χ1v) is 8.79. The van der Waals surface area contributed by atoms with Crippen molar-refractivity contribution in [2.24, 2.45) is 0 Å². The number of carbonyl (C=O) groups is 2. The lowest BCUT2D eigenvalue weighted by Gasteiger charge is -2.11. The summed E-state index contributed by atoms with van der Waals surface area (Å²) in [5.41, 5.74) is 3.13. The standard InChI is InChI=1S/C20H18N2O2S/c1-14-6-4-7-15(12-14)13-21-19(23)16-8-2-3-9-17(16)22-20(24)18-10-5-11-25-18/h2-12H,13H2,1H3,(H,21,23)(H,22,24). The molecule has 0 unspecified atom stereocenters. The fraction of sp³-hybridized carbons (Fsp3) is 0.100. The van der Waals surface area contributed by atoms with Gasteiger partial charge >= 0.3 is 0 Å². The fourth-order valence-corrected chi connectivity index (χ4v) is 3.10. The van der Waals surface area contributed by atoms with Crippen LogP contribution in [0.5, 0.6) is 0 Å². The van der Waals surface area contributed by atoms with E-state index in [-0.39, 0.29) is 11.8 Å². The maximum atomic E-state index is 12.5. The van der Waals surface area contributed by atoms with Crippen molar-refractivity contribution in [3.8, 4) is 0 Å². The van der Waals surface area contributed by atoms with Gasteiger partial charge in [-0.1, -0.05) is 48.0 Å². The van der Waals surface area contributed by atoms with Crippen LogP contribution in [0, 0.1) is 6.92 Å². The van der Waals surface area contributed by atoms with Crippen LogP contribution in [-0.4, -0.2) is 11.8 Å². The number of thiophene rings is 1. The van der Waals surface area contributed by atoms with Crippen molar-refractivity contribution < 1.29 is 9.59 Å². The van der Waals surface area contributed by atoms with E-state index in [1.54, 1.807) is 30.3 Å². The lowest BCUT2D eigenvalue weighted by Crippen LogP contribution is -2.24. The van der Waals surface area contributed by atoms with E-state index in [0.29, 0.717) is 22.7 Å². The third-order valence-electron chi connectivity index (χ3n) is 3.70. The van der Waals surface area contributed by atoms with E-state index in [2.05, 4.69) is 10.6 Å². The number of aryl methyl sites for hydroxylation is 1. The van der Waals surface area contributed by atoms with Gasteiger partial charge < -0.3 is 10.6 Å². The lowest BCUT2D eigenvalue weighted by molar-refractivity contribution is 0.0952. The Bertz CT molecular complexity index is 888. The summed E-state index contributed by atoms with van der Waals surface area (Å²) in [6, 6.07) is 18.6. The molecule has 3 aromatic rings. The second kappa shape index (κ2) is 7.77. The molecular weight excluding hydrogens is 332 g/mol. The van der Waals surface area contributed by atoms with Gasteiger partial charge in [-0.3, -0.25) is 9.59 Å². The molecule has 1 heterocycles. The molecule has 0 atom stereocenters. The minimum absolute atomic E-state index is 0.214. The topological polar surface area (TPSA) is 58.2 Å². The fourth-order valence-electron chi connectivity index (χ4n) is 2.48. The molecule has 2 aromatic carbocycles. The Labute approximate surface area is 150 Å². The van der Waals surface area contributed by atoms with E-state index in [4.69, 9.17) is 0 Å². The molecule has 0 fully saturated rings. The number of nitrogens with one attached hydrogen (secondary N) is 2. The summed E-state index contributed by atoms with van der Waals surface area (Å²) in [5.74, 6) is -0.433. The van der Waals surface area contributed by atoms with Crippen LogP contribution in [0.1, 0.15) is 31.2 Å². The molecule has 0 saturated carbocycles. The summed E-state index contributed by atoms with van der Waals surface area (Å²) >= 11 is 1.36. The van der Waals surface area contributed by atoms with Crippen LogP contribution in [0.3, 0.4) is 0 Å². The first-order valence-electron chi connectivity index (χ1n) is 7.91. The predicted octanol–water partition coefficient (Wildman–Crippen LogP) is 4.24. The minimum Gasteiger partial charge on any atom is -0.348 e. The molecule has 126 valence electrons. The van der Waals surface area contributed by atoms with Crippen molar-refractivity contribution in [1.82, 2.24) is 5.32 Å². The van der Waals surface area contributed by atoms with Crippen molar-refractivity contribution in [3.05, 3.63) is 87.6 Å². The van der Waals surface area contributed by atoms with Gasteiger partial charge in [0.1, 0.15) is 0 Å². The molecule has 0 aliphatic carbocycles. The lowest BCUT2D eigenvalue weighted by atomic mass is 10.1. The highest BCUT2D eigenvalue weighted by atomic mass is 32.1. The highest BCUT2D eigenvalue weighted by Gasteiger charge is 2.14. The number of hydrogen-bond acceptors (Lipinski definition) is 3. The van der Waals surface area contributed by atoms with Gasteiger partial charge in [0.15, 0.2) is 0 Å². The highest BCUT2D eigenvalue weighted by Crippen LogP contribution is 2.18. The van der Waals surface area contributed by atoms with E-state index in [9.17, 15) is 9.59 Å². The van der Waals surface area contributed by atoms with Crippen molar-refractivity contribution >= 4 is 28.8 Å². The van der Waals surface area contributed by atoms with E-state index < -0.39 is 0 Å². The average Bonchev–Trinajstić information content (AvgIpc) is 3.15. The molecule has 0 spiro atoms. The molecule has 5 heteroatoms. The molecule has 0 saturated heterocycles. The minimum atomic E-state index is -0.219. The van der Waals surface area contributed by atoms with Crippen molar-refractivity contribution in [3.63, 3.8) is 0 Å². The molecular formula is C20H18N2O2S. The Morgan fingerprint density at radius 3 is 2.56 bits per heavy atom. The van der Waals surface area contributed by atoms with Gasteiger partial charge in [-0.2, -0.15) is 0 Å². The Morgan fingerprint density at radius 2 is 1.80 bits per heavy atom. The number of para-hydroxylation sites is 1. The Morgan fingerprint density at radius 1 is 0.960 bits per heavy atom. The summed E-state index contributed by atoms with van der Waals surface area (Å²) in [7, 11) is 0. The maximum Gasteiger partial charge on any atom is 0.265 e. The summed E-state index contributed by atoms with van der Waals surface area (Å²) in [6.45, 7) is 2.45. The zero-order valence-corrected chi connectivity index (χ0v) is 14.6. The highest BCUT2D eigenvalue weighted by molar-refractivity contribution is 7.12. The van der Waals surface area contributed by atoms with Crippen LogP contribution in [-0.2, 0) is 6.54 Å². The van der Waals surface area contributed by atoms with Crippen molar-refractivity contribution in [2.45, 2.75) is 13.5 Å².